The maximum Gasteiger partial charge on any atom is 0.262 e. The minimum absolute atomic E-state index is 0.147. The van der Waals surface area contributed by atoms with Crippen molar-refractivity contribution in [3.63, 3.8) is 0 Å². The zero-order valence-corrected chi connectivity index (χ0v) is 11.9. The highest BCUT2D eigenvalue weighted by Gasteiger charge is 2.11. The predicted molar refractivity (Wildman–Crippen MR) is 77.6 cm³/mol. The molecule has 0 saturated heterocycles. The summed E-state index contributed by atoms with van der Waals surface area (Å²) >= 11 is 1.34. The molecule has 0 bridgehead atoms. The fourth-order valence-electron chi connectivity index (χ4n) is 1.67. The first-order chi connectivity index (χ1) is 9.70. The molecule has 2 aromatic rings. The van der Waals surface area contributed by atoms with Gasteiger partial charge in [-0.1, -0.05) is 11.8 Å². The summed E-state index contributed by atoms with van der Waals surface area (Å²) in [6, 6.07) is 1.78. The highest BCUT2D eigenvalue weighted by molar-refractivity contribution is 7.12. The van der Waals surface area contributed by atoms with Crippen molar-refractivity contribution in [1.29, 1.82) is 0 Å². The van der Waals surface area contributed by atoms with Crippen LogP contribution in [0.1, 0.15) is 20.8 Å². The van der Waals surface area contributed by atoms with Crippen molar-refractivity contribution in [2.75, 3.05) is 13.2 Å². The molecular formula is C14H15N3O2S. The van der Waals surface area contributed by atoms with Gasteiger partial charge in [-0.05, 0) is 23.9 Å². The molecule has 0 aliphatic heterocycles. The van der Waals surface area contributed by atoms with Gasteiger partial charge >= 0.3 is 0 Å². The van der Waals surface area contributed by atoms with E-state index in [1.165, 1.54) is 11.3 Å². The molecule has 0 fully saturated rings. The summed E-state index contributed by atoms with van der Waals surface area (Å²) in [5, 5.41) is 17.5. The third-order valence-corrected chi connectivity index (χ3v) is 3.48. The SMILES string of the molecule is Cc1cnn(CCNC(=O)c2sccc2C#CCO)c1. The van der Waals surface area contributed by atoms with Gasteiger partial charge in [0.2, 0.25) is 0 Å². The van der Waals surface area contributed by atoms with Crippen molar-refractivity contribution in [2.45, 2.75) is 13.5 Å². The van der Waals surface area contributed by atoms with E-state index >= 15 is 0 Å². The fraction of sp³-hybridized carbons (Fsp3) is 0.286. The maximum atomic E-state index is 12.0. The Kier molecular flexibility index (Phi) is 4.93. The van der Waals surface area contributed by atoms with Gasteiger partial charge in [-0.25, -0.2) is 0 Å². The van der Waals surface area contributed by atoms with Crippen molar-refractivity contribution in [3.05, 3.63) is 39.8 Å². The molecule has 0 unspecified atom stereocenters. The minimum Gasteiger partial charge on any atom is -0.384 e. The van der Waals surface area contributed by atoms with Crippen molar-refractivity contribution in [2.24, 2.45) is 0 Å². The van der Waals surface area contributed by atoms with Crippen LogP contribution in [-0.2, 0) is 6.54 Å². The van der Waals surface area contributed by atoms with Crippen LogP contribution >= 0.6 is 11.3 Å². The van der Waals surface area contributed by atoms with Crippen molar-refractivity contribution in [1.82, 2.24) is 15.1 Å². The highest BCUT2D eigenvalue weighted by atomic mass is 32.1. The smallest absolute Gasteiger partial charge is 0.262 e. The number of carbonyl (C=O) groups is 1. The van der Waals surface area contributed by atoms with Gasteiger partial charge in [-0.3, -0.25) is 9.48 Å². The van der Waals surface area contributed by atoms with Crippen LogP contribution in [0.25, 0.3) is 0 Å². The number of amides is 1. The lowest BCUT2D eigenvalue weighted by Crippen LogP contribution is -2.27. The van der Waals surface area contributed by atoms with Gasteiger partial charge in [0, 0.05) is 18.3 Å². The van der Waals surface area contributed by atoms with E-state index in [0.717, 1.165) is 5.56 Å². The Morgan fingerprint density at radius 2 is 2.45 bits per heavy atom. The van der Waals surface area contributed by atoms with Gasteiger partial charge in [-0.2, -0.15) is 5.10 Å². The highest BCUT2D eigenvalue weighted by Crippen LogP contribution is 2.15. The Labute approximate surface area is 121 Å². The first-order valence-electron chi connectivity index (χ1n) is 6.15. The number of thiophene rings is 1. The predicted octanol–water partition coefficient (Wildman–Crippen LogP) is 1.03. The topological polar surface area (TPSA) is 67.2 Å². The van der Waals surface area contributed by atoms with Gasteiger partial charge < -0.3 is 10.4 Å². The van der Waals surface area contributed by atoms with E-state index in [9.17, 15) is 4.79 Å². The number of carbonyl (C=O) groups excluding carboxylic acids is 1. The molecule has 2 N–H and O–H groups in total. The molecule has 0 aliphatic carbocycles. The molecule has 0 atom stereocenters. The summed E-state index contributed by atoms with van der Waals surface area (Å²) < 4.78 is 1.79. The quantitative estimate of drug-likeness (QED) is 0.826. The number of hydrogen-bond donors (Lipinski definition) is 2. The van der Waals surface area contributed by atoms with Gasteiger partial charge in [0.05, 0.1) is 12.7 Å². The van der Waals surface area contributed by atoms with E-state index in [-0.39, 0.29) is 12.5 Å². The molecule has 0 aromatic carbocycles. The van der Waals surface area contributed by atoms with E-state index in [4.69, 9.17) is 5.11 Å². The second kappa shape index (κ2) is 6.89. The lowest BCUT2D eigenvalue weighted by atomic mass is 10.2. The summed E-state index contributed by atoms with van der Waals surface area (Å²) in [6.07, 6.45) is 3.71. The number of nitrogens with one attached hydrogen (secondary N) is 1. The van der Waals surface area contributed by atoms with Crippen molar-refractivity contribution >= 4 is 17.2 Å². The fourth-order valence-corrected chi connectivity index (χ4v) is 2.44. The summed E-state index contributed by atoms with van der Waals surface area (Å²) in [4.78, 5) is 12.6. The summed E-state index contributed by atoms with van der Waals surface area (Å²) in [5.74, 6) is 5.17. The number of aryl methyl sites for hydroxylation is 1. The van der Waals surface area contributed by atoms with Crippen LogP contribution < -0.4 is 5.32 Å². The summed E-state index contributed by atoms with van der Waals surface area (Å²) in [6.45, 7) is 2.89. The van der Waals surface area contributed by atoms with Crippen LogP contribution in [-0.4, -0.2) is 33.9 Å². The number of hydrogen-bond acceptors (Lipinski definition) is 4. The van der Waals surface area contributed by atoms with Crippen LogP contribution in [0.2, 0.25) is 0 Å². The summed E-state index contributed by atoms with van der Waals surface area (Å²) in [7, 11) is 0. The van der Waals surface area contributed by atoms with Gasteiger partial charge in [0.15, 0.2) is 0 Å². The Bertz CT molecular complexity index is 649. The largest absolute Gasteiger partial charge is 0.384 e. The summed E-state index contributed by atoms with van der Waals surface area (Å²) in [5.41, 5.74) is 1.74. The third kappa shape index (κ3) is 3.70. The molecule has 1 amide bonds. The Hall–Kier alpha value is -2.10. The average Bonchev–Trinajstić information content (AvgIpc) is 3.05. The monoisotopic (exact) mass is 289 g/mol. The van der Waals surface area contributed by atoms with Crippen LogP contribution in [0.3, 0.4) is 0 Å². The second-order valence-corrected chi connectivity index (χ2v) is 5.08. The zero-order chi connectivity index (χ0) is 14.4. The molecule has 2 heterocycles. The van der Waals surface area contributed by atoms with Crippen LogP contribution in [0.4, 0.5) is 0 Å². The van der Waals surface area contributed by atoms with Crippen molar-refractivity contribution < 1.29 is 9.90 Å². The normalized spacial score (nSPS) is 9.90. The lowest BCUT2D eigenvalue weighted by Gasteiger charge is -2.04. The van der Waals surface area contributed by atoms with Gasteiger partial charge in [0.25, 0.3) is 5.91 Å². The molecule has 104 valence electrons. The Balaban J connectivity index is 1.90. The molecule has 0 radical (unpaired) electrons. The van der Waals surface area contributed by atoms with E-state index in [1.807, 2.05) is 18.5 Å². The minimum atomic E-state index is -0.213. The first-order valence-corrected chi connectivity index (χ1v) is 7.03. The van der Waals surface area contributed by atoms with E-state index in [1.54, 1.807) is 16.9 Å². The number of aliphatic hydroxyl groups excluding tert-OH is 1. The number of rotatable bonds is 4. The first kappa shape index (κ1) is 14.3. The zero-order valence-electron chi connectivity index (χ0n) is 11.1. The molecule has 0 spiro atoms. The Morgan fingerprint density at radius 3 is 3.15 bits per heavy atom. The molecule has 20 heavy (non-hydrogen) atoms. The maximum absolute atomic E-state index is 12.0. The molecule has 0 aliphatic rings. The lowest BCUT2D eigenvalue weighted by molar-refractivity contribution is 0.0956. The van der Waals surface area contributed by atoms with E-state index in [2.05, 4.69) is 22.3 Å². The van der Waals surface area contributed by atoms with Crippen LogP contribution in [0, 0.1) is 18.8 Å². The van der Waals surface area contributed by atoms with Gasteiger partial charge in [0.1, 0.15) is 11.5 Å². The van der Waals surface area contributed by atoms with Gasteiger partial charge in [-0.15, -0.1) is 11.3 Å². The standard InChI is InChI=1S/C14H15N3O2S/c1-11-9-16-17(10-11)6-5-15-14(19)13-12(3-2-7-18)4-8-20-13/h4,8-10,18H,5-7H2,1H3,(H,15,19). The molecule has 2 rings (SSSR count). The van der Waals surface area contributed by atoms with E-state index in [0.29, 0.717) is 23.5 Å². The van der Waals surface area contributed by atoms with Crippen LogP contribution in [0.5, 0.6) is 0 Å². The number of aliphatic hydroxyl groups is 1. The molecule has 0 saturated carbocycles. The molecule has 2 aromatic heterocycles. The number of aromatic nitrogens is 2. The number of nitrogens with zero attached hydrogens (tertiary/aromatic N) is 2. The average molecular weight is 289 g/mol. The third-order valence-electron chi connectivity index (χ3n) is 2.56. The molecule has 6 heteroatoms. The van der Waals surface area contributed by atoms with Crippen LogP contribution in [0.15, 0.2) is 23.8 Å². The Morgan fingerprint density at radius 1 is 1.60 bits per heavy atom. The second-order valence-electron chi connectivity index (χ2n) is 4.16. The molecular weight excluding hydrogens is 274 g/mol. The van der Waals surface area contributed by atoms with E-state index < -0.39 is 0 Å². The van der Waals surface area contributed by atoms with Crippen molar-refractivity contribution in [3.8, 4) is 11.8 Å². The molecule has 5 nitrogen and oxygen atoms in total.